The number of carbonyl (C=O) groups excluding carboxylic acids is 1. The summed E-state index contributed by atoms with van der Waals surface area (Å²) in [6.45, 7) is 2.74. The number of halogens is 1. The third-order valence-corrected chi connectivity index (χ3v) is 5.06. The standard InChI is InChI=1S/C21H22ClN3O/c22-19-9-7-18(8-10-19)20(16-23)24-12-14-25(15-13-24)21(26)11-6-17-4-2-1-3-5-17/h1-5,7-10,20H,6,11-15H2. The molecule has 1 fully saturated rings. The van der Waals surface area contributed by atoms with Crippen LogP contribution < -0.4 is 0 Å². The van der Waals surface area contributed by atoms with Crippen molar-refractivity contribution in [2.45, 2.75) is 18.9 Å². The van der Waals surface area contributed by atoms with Crippen LogP contribution in [0.25, 0.3) is 0 Å². The second-order valence-electron chi connectivity index (χ2n) is 6.49. The molecule has 3 rings (SSSR count). The van der Waals surface area contributed by atoms with Crippen molar-refractivity contribution in [3.05, 3.63) is 70.7 Å². The molecule has 1 aliphatic heterocycles. The number of hydrogen-bond donors (Lipinski definition) is 0. The van der Waals surface area contributed by atoms with Crippen molar-refractivity contribution >= 4 is 17.5 Å². The van der Waals surface area contributed by atoms with Gasteiger partial charge < -0.3 is 4.90 Å². The number of benzene rings is 2. The second-order valence-corrected chi connectivity index (χ2v) is 6.92. The normalized spacial score (nSPS) is 16.1. The van der Waals surface area contributed by atoms with Gasteiger partial charge in [-0.1, -0.05) is 54.1 Å². The Kier molecular flexibility index (Phi) is 6.27. The smallest absolute Gasteiger partial charge is 0.222 e. The number of nitrogens with zero attached hydrogens (tertiary/aromatic N) is 3. The number of carbonyl (C=O) groups is 1. The molecular formula is C21H22ClN3O. The third kappa shape index (κ3) is 4.63. The number of rotatable bonds is 5. The Morgan fingerprint density at radius 1 is 1.04 bits per heavy atom. The molecule has 0 spiro atoms. The zero-order chi connectivity index (χ0) is 18.4. The minimum Gasteiger partial charge on any atom is -0.340 e. The van der Waals surface area contributed by atoms with E-state index >= 15 is 0 Å². The maximum atomic E-state index is 12.5. The Morgan fingerprint density at radius 3 is 2.31 bits per heavy atom. The lowest BCUT2D eigenvalue weighted by molar-refractivity contribution is -0.133. The highest BCUT2D eigenvalue weighted by molar-refractivity contribution is 6.30. The first-order valence-electron chi connectivity index (χ1n) is 8.88. The Bertz CT molecular complexity index is 762. The van der Waals surface area contributed by atoms with Crippen molar-refractivity contribution in [3.63, 3.8) is 0 Å². The molecule has 1 atom stereocenters. The van der Waals surface area contributed by atoms with Crippen molar-refractivity contribution in [2.75, 3.05) is 26.2 Å². The van der Waals surface area contributed by atoms with Gasteiger partial charge in [0.1, 0.15) is 6.04 Å². The minimum atomic E-state index is -0.297. The van der Waals surface area contributed by atoms with Gasteiger partial charge in [0, 0.05) is 37.6 Å². The van der Waals surface area contributed by atoms with Gasteiger partial charge in [-0.05, 0) is 29.7 Å². The van der Waals surface area contributed by atoms with Gasteiger partial charge >= 0.3 is 0 Å². The highest BCUT2D eigenvalue weighted by Crippen LogP contribution is 2.23. The molecule has 1 saturated heterocycles. The predicted molar refractivity (Wildman–Crippen MR) is 103 cm³/mol. The van der Waals surface area contributed by atoms with Crippen LogP contribution in [0.15, 0.2) is 54.6 Å². The van der Waals surface area contributed by atoms with Crippen molar-refractivity contribution in [1.82, 2.24) is 9.80 Å². The van der Waals surface area contributed by atoms with Crippen LogP contribution in [-0.2, 0) is 11.2 Å². The third-order valence-electron chi connectivity index (χ3n) is 4.81. The van der Waals surface area contributed by atoms with Crippen LogP contribution in [0.3, 0.4) is 0 Å². The molecule has 1 unspecified atom stereocenters. The molecule has 0 bridgehead atoms. The van der Waals surface area contributed by atoms with E-state index in [2.05, 4.69) is 23.1 Å². The van der Waals surface area contributed by atoms with Gasteiger partial charge in [-0.15, -0.1) is 0 Å². The first-order chi connectivity index (χ1) is 12.7. The lowest BCUT2D eigenvalue weighted by atomic mass is 10.1. The summed E-state index contributed by atoms with van der Waals surface area (Å²) in [5.41, 5.74) is 2.13. The maximum absolute atomic E-state index is 12.5. The van der Waals surface area contributed by atoms with Gasteiger partial charge in [0.15, 0.2) is 0 Å². The summed E-state index contributed by atoms with van der Waals surface area (Å²) >= 11 is 5.93. The van der Waals surface area contributed by atoms with E-state index in [0.29, 0.717) is 37.6 Å². The highest BCUT2D eigenvalue weighted by atomic mass is 35.5. The van der Waals surface area contributed by atoms with Crippen LogP contribution >= 0.6 is 11.6 Å². The number of hydrogen-bond acceptors (Lipinski definition) is 3. The lowest BCUT2D eigenvalue weighted by Gasteiger charge is -2.37. The van der Waals surface area contributed by atoms with E-state index in [-0.39, 0.29) is 11.9 Å². The number of amides is 1. The SMILES string of the molecule is N#CC(c1ccc(Cl)cc1)N1CCN(C(=O)CCc2ccccc2)CC1. The average Bonchev–Trinajstić information content (AvgIpc) is 2.69. The van der Waals surface area contributed by atoms with E-state index < -0.39 is 0 Å². The molecule has 2 aromatic rings. The monoisotopic (exact) mass is 367 g/mol. The largest absolute Gasteiger partial charge is 0.340 e. The van der Waals surface area contributed by atoms with E-state index in [1.165, 1.54) is 5.56 Å². The van der Waals surface area contributed by atoms with E-state index in [0.717, 1.165) is 12.0 Å². The fourth-order valence-corrected chi connectivity index (χ4v) is 3.42. The zero-order valence-electron chi connectivity index (χ0n) is 14.6. The van der Waals surface area contributed by atoms with Crippen molar-refractivity contribution in [1.29, 1.82) is 5.26 Å². The van der Waals surface area contributed by atoms with E-state index in [1.807, 2.05) is 47.4 Å². The molecule has 0 N–H and O–H groups in total. The summed E-state index contributed by atoms with van der Waals surface area (Å²) in [5.74, 6) is 0.188. The summed E-state index contributed by atoms with van der Waals surface area (Å²) < 4.78 is 0. The fraction of sp³-hybridized carbons (Fsp3) is 0.333. The second kappa shape index (κ2) is 8.84. The molecule has 1 amide bonds. The Hall–Kier alpha value is -2.35. The molecule has 134 valence electrons. The highest BCUT2D eigenvalue weighted by Gasteiger charge is 2.26. The molecule has 0 aliphatic carbocycles. The molecule has 1 aliphatic rings. The summed E-state index contributed by atoms with van der Waals surface area (Å²) in [5, 5.41) is 10.2. The molecule has 26 heavy (non-hydrogen) atoms. The Labute approximate surface area is 159 Å². The van der Waals surface area contributed by atoms with Crippen molar-refractivity contribution in [2.24, 2.45) is 0 Å². The van der Waals surface area contributed by atoms with Gasteiger partial charge in [0.05, 0.1) is 6.07 Å². The minimum absolute atomic E-state index is 0.188. The van der Waals surface area contributed by atoms with E-state index in [4.69, 9.17) is 11.6 Å². The predicted octanol–water partition coefficient (Wildman–Crippen LogP) is 3.68. The van der Waals surface area contributed by atoms with Crippen LogP contribution in [0.4, 0.5) is 0 Å². The summed E-state index contributed by atoms with van der Waals surface area (Å²) in [6, 6.07) is 19.6. The first kappa shape index (κ1) is 18.4. The number of nitriles is 1. The maximum Gasteiger partial charge on any atom is 0.222 e. The zero-order valence-corrected chi connectivity index (χ0v) is 15.4. The number of piperazine rings is 1. The summed E-state index contributed by atoms with van der Waals surface area (Å²) in [7, 11) is 0. The number of aryl methyl sites for hydroxylation is 1. The molecular weight excluding hydrogens is 346 g/mol. The molecule has 0 aromatic heterocycles. The molecule has 1 heterocycles. The quantitative estimate of drug-likeness (QED) is 0.809. The van der Waals surface area contributed by atoms with Crippen LogP contribution in [-0.4, -0.2) is 41.9 Å². The van der Waals surface area contributed by atoms with Gasteiger partial charge in [-0.3, -0.25) is 9.69 Å². The molecule has 2 aromatic carbocycles. The Balaban J connectivity index is 1.52. The lowest BCUT2D eigenvalue weighted by Crippen LogP contribution is -2.49. The van der Waals surface area contributed by atoms with Crippen LogP contribution in [0.1, 0.15) is 23.6 Å². The van der Waals surface area contributed by atoms with Gasteiger partial charge in [0.25, 0.3) is 0 Å². The van der Waals surface area contributed by atoms with Gasteiger partial charge in [-0.2, -0.15) is 5.26 Å². The Morgan fingerprint density at radius 2 is 1.69 bits per heavy atom. The molecule has 0 radical (unpaired) electrons. The summed E-state index contributed by atoms with van der Waals surface area (Å²) in [6.07, 6.45) is 1.30. The first-order valence-corrected chi connectivity index (χ1v) is 9.26. The molecule has 0 saturated carbocycles. The summed E-state index contributed by atoms with van der Waals surface area (Å²) in [4.78, 5) is 16.5. The molecule has 4 nitrogen and oxygen atoms in total. The van der Waals surface area contributed by atoms with E-state index in [1.54, 1.807) is 0 Å². The van der Waals surface area contributed by atoms with Crippen molar-refractivity contribution in [3.8, 4) is 6.07 Å². The average molecular weight is 368 g/mol. The van der Waals surface area contributed by atoms with Gasteiger partial charge in [0.2, 0.25) is 5.91 Å². The topological polar surface area (TPSA) is 47.3 Å². The van der Waals surface area contributed by atoms with Crippen molar-refractivity contribution < 1.29 is 4.79 Å². The van der Waals surface area contributed by atoms with Gasteiger partial charge in [-0.25, -0.2) is 0 Å². The van der Waals surface area contributed by atoms with Crippen LogP contribution in [0.5, 0.6) is 0 Å². The fourth-order valence-electron chi connectivity index (χ4n) is 3.30. The molecule has 5 heteroatoms. The van der Waals surface area contributed by atoms with Crippen LogP contribution in [0, 0.1) is 11.3 Å². The van der Waals surface area contributed by atoms with E-state index in [9.17, 15) is 10.1 Å². The van der Waals surface area contributed by atoms with Crippen LogP contribution in [0.2, 0.25) is 5.02 Å².